The summed E-state index contributed by atoms with van der Waals surface area (Å²) in [6, 6.07) is 0. The highest BCUT2D eigenvalue weighted by Crippen LogP contribution is 2.57. The molecule has 2 bridgehead atoms. The largest absolute Gasteiger partial charge is 0.481 e. The van der Waals surface area contributed by atoms with Crippen molar-refractivity contribution in [3.05, 3.63) is 0 Å². The second kappa shape index (κ2) is 2.27. The van der Waals surface area contributed by atoms with E-state index in [1.807, 2.05) is 20.8 Å². The lowest BCUT2D eigenvalue weighted by molar-refractivity contribution is -0.148. The van der Waals surface area contributed by atoms with Gasteiger partial charge < -0.3 is 9.84 Å². The molecule has 2 aliphatic rings. The number of carboxylic acid groups (broad SMARTS) is 1. The van der Waals surface area contributed by atoms with Gasteiger partial charge in [-0.3, -0.25) is 4.79 Å². The van der Waals surface area contributed by atoms with Crippen molar-refractivity contribution < 1.29 is 14.6 Å². The Morgan fingerprint density at radius 2 is 1.92 bits per heavy atom. The highest BCUT2D eigenvalue weighted by Gasteiger charge is 2.63. The zero-order valence-corrected chi connectivity index (χ0v) is 8.33. The van der Waals surface area contributed by atoms with Crippen molar-refractivity contribution in [1.82, 2.24) is 0 Å². The van der Waals surface area contributed by atoms with Crippen LogP contribution in [0.3, 0.4) is 0 Å². The lowest BCUT2D eigenvalue weighted by Crippen LogP contribution is -2.41. The van der Waals surface area contributed by atoms with E-state index < -0.39 is 11.6 Å². The van der Waals surface area contributed by atoms with Gasteiger partial charge in [0.15, 0.2) is 0 Å². The van der Waals surface area contributed by atoms with Crippen molar-refractivity contribution in [3.63, 3.8) is 0 Å². The number of carbonyl (C=O) groups is 1. The van der Waals surface area contributed by atoms with Crippen LogP contribution in [0, 0.1) is 11.8 Å². The molecule has 2 rings (SSSR count). The lowest BCUT2D eigenvalue weighted by Gasteiger charge is -2.31. The summed E-state index contributed by atoms with van der Waals surface area (Å²) in [6.07, 6.45) is 1.87. The normalized spacial score (nSPS) is 54.1. The number of carboxylic acids is 1. The zero-order chi connectivity index (χ0) is 9.85. The molecule has 2 aliphatic heterocycles. The number of rotatable bonds is 1. The summed E-state index contributed by atoms with van der Waals surface area (Å²) in [7, 11) is 0. The molecule has 0 radical (unpaired) electrons. The smallest absolute Gasteiger partial charge is 0.309 e. The number of hydrogen-bond donors (Lipinski definition) is 1. The third-order valence-electron chi connectivity index (χ3n) is 3.97. The average molecular weight is 184 g/mol. The molecule has 2 fully saturated rings. The minimum atomic E-state index is -0.710. The standard InChI is InChI=1S/C10H16O3/c1-6-7(8(11)12)10(3)5-4-9(6,2)13-10/h6-7H,4-5H2,1-3H3,(H,11,12)/t6-,7-,9-,10+/m0/s1. The molecule has 3 nitrogen and oxygen atoms in total. The van der Waals surface area contributed by atoms with Crippen LogP contribution in [-0.4, -0.2) is 22.3 Å². The molecule has 1 N–H and O–H groups in total. The van der Waals surface area contributed by atoms with Crippen molar-refractivity contribution in [3.8, 4) is 0 Å². The van der Waals surface area contributed by atoms with Crippen LogP contribution in [0.5, 0.6) is 0 Å². The van der Waals surface area contributed by atoms with Gasteiger partial charge >= 0.3 is 5.97 Å². The number of hydrogen-bond acceptors (Lipinski definition) is 2. The van der Waals surface area contributed by atoms with Crippen LogP contribution in [-0.2, 0) is 9.53 Å². The van der Waals surface area contributed by atoms with Crippen LogP contribution in [0.2, 0.25) is 0 Å². The topological polar surface area (TPSA) is 46.5 Å². The van der Waals surface area contributed by atoms with E-state index in [0.717, 1.165) is 12.8 Å². The van der Waals surface area contributed by atoms with Gasteiger partial charge in [-0.2, -0.15) is 0 Å². The van der Waals surface area contributed by atoms with Crippen LogP contribution in [0.1, 0.15) is 33.6 Å². The van der Waals surface area contributed by atoms with E-state index in [1.54, 1.807) is 0 Å². The average Bonchev–Trinajstić information content (AvgIpc) is 2.36. The first kappa shape index (κ1) is 9.00. The van der Waals surface area contributed by atoms with Gasteiger partial charge in [0.05, 0.1) is 17.1 Å². The fourth-order valence-corrected chi connectivity index (χ4v) is 3.03. The second-order valence-corrected chi connectivity index (χ2v) is 4.83. The Kier molecular flexibility index (Phi) is 1.57. The maximum atomic E-state index is 11.1. The predicted octanol–water partition coefficient (Wildman–Crippen LogP) is 1.66. The van der Waals surface area contributed by atoms with Gasteiger partial charge in [-0.1, -0.05) is 6.92 Å². The zero-order valence-electron chi connectivity index (χ0n) is 8.33. The minimum absolute atomic E-state index is 0.128. The molecule has 0 aromatic rings. The molecular formula is C10H16O3. The van der Waals surface area contributed by atoms with Crippen LogP contribution < -0.4 is 0 Å². The summed E-state index contributed by atoms with van der Waals surface area (Å²) in [5, 5.41) is 9.11. The first-order valence-electron chi connectivity index (χ1n) is 4.82. The SMILES string of the molecule is C[C@H]1[C@@H](C(=O)O)[C@@]2(C)CC[C@]1(C)O2. The number of ether oxygens (including phenoxy) is 1. The maximum absolute atomic E-state index is 11.1. The maximum Gasteiger partial charge on any atom is 0.309 e. The summed E-state index contributed by atoms with van der Waals surface area (Å²) in [4.78, 5) is 11.1. The van der Waals surface area contributed by atoms with Gasteiger partial charge in [0.2, 0.25) is 0 Å². The van der Waals surface area contributed by atoms with Gasteiger partial charge in [-0.25, -0.2) is 0 Å². The lowest BCUT2D eigenvalue weighted by atomic mass is 9.68. The monoisotopic (exact) mass is 184 g/mol. The molecule has 13 heavy (non-hydrogen) atoms. The highest BCUT2D eigenvalue weighted by atomic mass is 16.5. The van der Waals surface area contributed by atoms with E-state index in [4.69, 9.17) is 9.84 Å². The van der Waals surface area contributed by atoms with Crippen LogP contribution in [0.25, 0.3) is 0 Å². The summed E-state index contributed by atoms with van der Waals surface area (Å²) in [6.45, 7) is 5.95. The van der Waals surface area contributed by atoms with Gasteiger partial charge in [0.25, 0.3) is 0 Å². The molecular weight excluding hydrogens is 168 g/mol. The molecule has 0 aromatic heterocycles. The summed E-state index contributed by atoms with van der Waals surface area (Å²) in [5.41, 5.74) is -0.613. The molecule has 2 saturated heterocycles. The molecule has 3 heteroatoms. The molecule has 0 saturated carbocycles. The molecule has 0 aliphatic carbocycles. The van der Waals surface area contributed by atoms with Gasteiger partial charge in [-0.05, 0) is 26.7 Å². The van der Waals surface area contributed by atoms with E-state index in [0.29, 0.717) is 0 Å². The van der Waals surface area contributed by atoms with Crippen molar-refractivity contribution >= 4 is 5.97 Å². The quantitative estimate of drug-likeness (QED) is 0.674. The molecule has 2 heterocycles. The third kappa shape index (κ3) is 0.966. The van der Waals surface area contributed by atoms with Crippen LogP contribution in [0.15, 0.2) is 0 Å². The van der Waals surface area contributed by atoms with Gasteiger partial charge in [-0.15, -0.1) is 0 Å². The predicted molar refractivity (Wildman–Crippen MR) is 47.4 cm³/mol. The second-order valence-electron chi connectivity index (χ2n) is 4.83. The Labute approximate surface area is 78.1 Å². The van der Waals surface area contributed by atoms with Crippen molar-refractivity contribution in [2.45, 2.75) is 44.8 Å². The first-order chi connectivity index (χ1) is 5.89. The summed E-state index contributed by atoms with van der Waals surface area (Å²) in [5.74, 6) is -0.909. The fraction of sp³-hybridized carbons (Fsp3) is 0.900. The molecule has 0 spiro atoms. The van der Waals surface area contributed by atoms with Crippen molar-refractivity contribution in [2.75, 3.05) is 0 Å². The molecule has 0 amide bonds. The first-order valence-corrected chi connectivity index (χ1v) is 4.82. The van der Waals surface area contributed by atoms with Gasteiger partial charge in [0.1, 0.15) is 0 Å². The number of aliphatic carboxylic acids is 1. The summed E-state index contributed by atoms with van der Waals surface area (Å²) < 4.78 is 5.85. The Bertz CT molecular complexity index is 263. The van der Waals surface area contributed by atoms with E-state index in [-0.39, 0.29) is 17.4 Å². The van der Waals surface area contributed by atoms with E-state index >= 15 is 0 Å². The Hall–Kier alpha value is -0.570. The van der Waals surface area contributed by atoms with E-state index in [1.165, 1.54) is 0 Å². The third-order valence-corrected chi connectivity index (χ3v) is 3.97. The van der Waals surface area contributed by atoms with Crippen molar-refractivity contribution in [1.29, 1.82) is 0 Å². The number of fused-ring (bicyclic) bond motifs is 2. The van der Waals surface area contributed by atoms with Crippen molar-refractivity contribution in [2.24, 2.45) is 11.8 Å². The highest BCUT2D eigenvalue weighted by molar-refractivity contribution is 5.73. The summed E-state index contributed by atoms with van der Waals surface area (Å²) >= 11 is 0. The molecule has 74 valence electrons. The van der Waals surface area contributed by atoms with E-state index in [2.05, 4.69) is 0 Å². The Balaban J connectivity index is 2.37. The van der Waals surface area contributed by atoms with Crippen LogP contribution in [0.4, 0.5) is 0 Å². The molecule has 4 atom stereocenters. The van der Waals surface area contributed by atoms with E-state index in [9.17, 15) is 4.79 Å². The molecule has 0 unspecified atom stereocenters. The van der Waals surface area contributed by atoms with Gasteiger partial charge in [0, 0.05) is 5.92 Å². The van der Waals surface area contributed by atoms with Crippen LogP contribution >= 0.6 is 0 Å². The minimum Gasteiger partial charge on any atom is -0.481 e. The molecule has 0 aromatic carbocycles. The fourth-order valence-electron chi connectivity index (χ4n) is 3.03. The Morgan fingerprint density at radius 3 is 2.23 bits per heavy atom. The Morgan fingerprint density at radius 1 is 1.38 bits per heavy atom.